The summed E-state index contributed by atoms with van der Waals surface area (Å²) in [5, 5.41) is 3.19. The third kappa shape index (κ3) is 4.53. The first-order valence-corrected chi connectivity index (χ1v) is 10.6. The van der Waals surface area contributed by atoms with Crippen LogP contribution in [0.25, 0.3) is 0 Å². The van der Waals surface area contributed by atoms with Gasteiger partial charge >= 0.3 is 0 Å². The molecule has 2 fully saturated rings. The second kappa shape index (κ2) is 9.27. The van der Waals surface area contributed by atoms with Crippen LogP contribution in [0.1, 0.15) is 47.6 Å². The lowest BCUT2D eigenvalue weighted by molar-refractivity contribution is 0.0938. The Balaban J connectivity index is 1.51. The fourth-order valence-electron chi connectivity index (χ4n) is 4.40. The van der Waals surface area contributed by atoms with E-state index in [9.17, 15) is 4.79 Å². The molecule has 3 heterocycles. The van der Waals surface area contributed by atoms with Gasteiger partial charge in [0, 0.05) is 25.8 Å². The van der Waals surface area contributed by atoms with E-state index in [4.69, 9.17) is 4.74 Å². The number of anilines is 1. The molecule has 2 aromatic rings. The molecule has 6 nitrogen and oxygen atoms in total. The minimum atomic E-state index is -0.0490. The standard InChI is InChI=1S/C23H30N4O2/c1-29-19-9-6-8-18(16-19)21(26-12-2-3-13-26)17-25-23(28)20-10-7-11-24-22(20)27-14-4-5-15-27/h6-11,16,21H,2-5,12-15,17H2,1H3,(H,25,28). The van der Waals surface area contributed by atoms with Crippen molar-refractivity contribution >= 4 is 11.7 Å². The van der Waals surface area contributed by atoms with E-state index in [0.717, 1.165) is 50.6 Å². The number of nitrogens with one attached hydrogen (secondary N) is 1. The van der Waals surface area contributed by atoms with E-state index in [0.29, 0.717) is 12.1 Å². The van der Waals surface area contributed by atoms with Gasteiger partial charge < -0.3 is 15.0 Å². The molecule has 1 aromatic heterocycles. The number of nitrogens with zero attached hydrogens (tertiary/aromatic N) is 3. The van der Waals surface area contributed by atoms with Crippen molar-refractivity contribution in [1.29, 1.82) is 0 Å². The van der Waals surface area contributed by atoms with E-state index < -0.39 is 0 Å². The molecule has 0 aliphatic carbocycles. The minimum Gasteiger partial charge on any atom is -0.497 e. The predicted molar refractivity (Wildman–Crippen MR) is 115 cm³/mol. The maximum absolute atomic E-state index is 13.1. The Kier molecular flexibility index (Phi) is 6.30. The molecule has 154 valence electrons. The average Bonchev–Trinajstić information content (AvgIpc) is 3.48. The van der Waals surface area contributed by atoms with Crippen molar-refractivity contribution in [1.82, 2.24) is 15.2 Å². The highest BCUT2D eigenvalue weighted by Gasteiger charge is 2.26. The largest absolute Gasteiger partial charge is 0.497 e. The number of pyridine rings is 1. The van der Waals surface area contributed by atoms with Crippen LogP contribution in [-0.4, -0.2) is 55.6 Å². The molecule has 0 radical (unpaired) electrons. The maximum atomic E-state index is 13.1. The van der Waals surface area contributed by atoms with E-state index in [-0.39, 0.29) is 11.9 Å². The molecule has 1 atom stereocenters. The monoisotopic (exact) mass is 394 g/mol. The van der Waals surface area contributed by atoms with E-state index >= 15 is 0 Å². The van der Waals surface area contributed by atoms with Gasteiger partial charge in [0.2, 0.25) is 0 Å². The van der Waals surface area contributed by atoms with Crippen molar-refractivity contribution < 1.29 is 9.53 Å². The summed E-state index contributed by atoms with van der Waals surface area (Å²) in [6.07, 6.45) is 6.50. The van der Waals surface area contributed by atoms with Gasteiger partial charge in [-0.1, -0.05) is 12.1 Å². The second-order valence-corrected chi connectivity index (χ2v) is 7.81. The van der Waals surface area contributed by atoms with Crippen LogP contribution >= 0.6 is 0 Å². The Bertz CT molecular complexity index is 829. The Hall–Kier alpha value is -2.60. The maximum Gasteiger partial charge on any atom is 0.255 e. The van der Waals surface area contributed by atoms with Crippen molar-refractivity contribution in [2.24, 2.45) is 0 Å². The molecule has 1 amide bonds. The van der Waals surface area contributed by atoms with Crippen LogP contribution in [-0.2, 0) is 0 Å². The zero-order chi connectivity index (χ0) is 20.1. The Labute approximate surface area is 172 Å². The van der Waals surface area contributed by atoms with Gasteiger partial charge in [-0.05, 0) is 68.6 Å². The molecular weight excluding hydrogens is 364 g/mol. The summed E-state index contributed by atoms with van der Waals surface area (Å²) in [5.41, 5.74) is 1.85. The summed E-state index contributed by atoms with van der Waals surface area (Å²) in [6, 6.07) is 12.0. The van der Waals surface area contributed by atoms with Crippen LogP contribution in [0.4, 0.5) is 5.82 Å². The first-order valence-electron chi connectivity index (χ1n) is 10.6. The summed E-state index contributed by atoms with van der Waals surface area (Å²) in [4.78, 5) is 22.3. The van der Waals surface area contributed by atoms with Crippen molar-refractivity contribution in [3.8, 4) is 5.75 Å². The SMILES string of the molecule is COc1cccc(C(CNC(=O)c2cccnc2N2CCCC2)N2CCCC2)c1. The number of aromatic nitrogens is 1. The summed E-state index contributed by atoms with van der Waals surface area (Å²) >= 11 is 0. The van der Waals surface area contributed by atoms with E-state index in [1.807, 2.05) is 24.3 Å². The summed E-state index contributed by atoms with van der Waals surface area (Å²) in [6.45, 7) is 4.63. The molecule has 4 rings (SSSR count). The summed E-state index contributed by atoms with van der Waals surface area (Å²) in [7, 11) is 1.69. The normalized spacial score (nSPS) is 18.0. The molecule has 1 N–H and O–H groups in total. The quantitative estimate of drug-likeness (QED) is 0.781. The lowest BCUT2D eigenvalue weighted by Crippen LogP contribution is -2.37. The first-order chi connectivity index (χ1) is 14.3. The van der Waals surface area contributed by atoms with Gasteiger partial charge in [0.25, 0.3) is 5.91 Å². The Morgan fingerprint density at radius 2 is 1.86 bits per heavy atom. The molecule has 0 spiro atoms. The first kappa shape index (κ1) is 19.7. The van der Waals surface area contributed by atoms with E-state index in [1.165, 1.54) is 18.4 Å². The van der Waals surface area contributed by atoms with Gasteiger partial charge in [0.1, 0.15) is 11.6 Å². The lowest BCUT2D eigenvalue weighted by Gasteiger charge is -2.28. The van der Waals surface area contributed by atoms with Crippen molar-refractivity contribution in [3.63, 3.8) is 0 Å². The highest BCUT2D eigenvalue weighted by Crippen LogP contribution is 2.28. The predicted octanol–water partition coefficient (Wildman–Crippen LogP) is 3.26. The van der Waals surface area contributed by atoms with Gasteiger partial charge in [0.15, 0.2) is 0 Å². The summed E-state index contributed by atoms with van der Waals surface area (Å²) < 4.78 is 5.42. The van der Waals surface area contributed by atoms with Crippen LogP contribution in [0.2, 0.25) is 0 Å². The number of carbonyl (C=O) groups is 1. The second-order valence-electron chi connectivity index (χ2n) is 7.81. The van der Waals surface area contributed by atoms with Crippen LogP contribution in [0.15, 0.2) is 42.6 Å². The van der Waals surface area contributed by atoms with Crippen molar-refractivity contribution in [2.45, 2.75) is 31.7 Å². The van der Waals surface area contributed by atoms with Gasteiger partial charge in [-0.15, -0.1) is 0 Å². The molecular formula is C23H30N4O2. The smallest absolute Gasteiger partial charge is 0.255 e. The van der Waals surface area contributed by atoms with Crippen LogP contribution in [0.3, 0.4) is 0 Å². The number of hydrogen-bond acceptors (Lipinski definition) is 5. The van der Waals surface area contributed by atoms with Gasteiger partial charge in [-0.3, -0.25) is 9.69 Å². The number of benzene rings is 1. The zero-order valence-electron chi connectivity index (χ0n) is 17.1. The van der Waals surface area contributed by atoms with Crippen molar-refractivity contribution in [2.75, 3.05) is 44.7 Å². The Morgan fingerprint density at radius 1 is 1.10 bits per heavy atom. The molecule has 1 unspecified atom stereocenters. The van der Waals surface area contributed by atoms with Gasteiger partial charge in [-0.25, -0.2) is 4.98 Å². The third-order valence-electron chi connectivity index (χ3n) is 5.95. The number of likely N-dealkylation sites (tertiary alicyclic amines) is 1. The molecule has 0 saturated carbocycles. The van der Waals surface area contributed by atoms with Crippen LogP contribution < -0.4 is 15.0 Å². The van der Waals surface area contributed by atoms with E-state index in [2.05, 4.69) is 32.2 Å². The molecule has 6 heteroatoms. The summed E-state index contributed by atoms with van der Waals surface area (Å²) in [5.74, 6) is 1.61. The third-order valence-corrected chi connectivity index (χ3v) is 5.95. The molecule has 2 saturated heterocycles. The number of ether oxygens (including phenoxy) is 1. The number of rotatable bonds is 7. The lowest BCUT2D eigenvalue weighted by atomic mass is 10.0. The molecule has 0 bridgehead atoms. The highest BCUT2D eigenvalue weighted by molar-refractivity contribution is 5.98. The van der Waals surface area contributed by atoms with Crippen molar-refractivity contribution in [3.05, 3.63) is 53.7 Å². The molecule has 29 heavy (non-hydrogen) atoms. The number of methoxy groups -OCH3 is 1. The van der Waals surface area contributed by atoms with Crippen LogP contribution in [0, 0.1) is 0 Å². The fraction of sp³-hybridized carbons (Fsp3) is 0.478. The fourth-order valence-corrected chi connectivity index (χ4v) is 4.40. The minimum absolute atomic E-state index is 0.0490. The number of hydrogen-bond donors (Lipinski definition) is 1. The van der Waals surface area contributed by atoms with Crippen LogP contribution in [0.5, 0.6) is 5.75 Å². The Morgan fingerprint density at radius 3 is 2.62 bits per heavy atom. The average molecular weight is 395 g/mol. The topological polar surface area (TPSA) is 57.7 Å². The zero-order valence-corrected chi connectivity index (χ0v) is 17.1. The molecule has 1 aromatic carbocycles. The highest BCUT2D eigenvalue weighted by atomic mass is 16.5. The van der Waals surface area contributed by atoms with Gasteiger partial charge in [0.05, 0.1) is 18.7 Å². The molecule has 2 aliphatic rings. The number of carbonyl (C=O) groups excluding carboxylic acids is 1. The molecule has 2 aliphatic heterocycles. The van der Waals surface area contributed by atoms with Gasteiger partial charge in [-0.2, -0.15) is 0 Å². The van der Waals surface area contributed by atoms with E-state index in [1.54, 1.807) is 13.3 Å². The number of amides is 1.